The molecule has 0 aliphatic carbocycles. The van der Waals surface area contributed by atoms with Crippen LogP contribution < -0.4 is 14.8 Å². The molecule has 3 aromatic carbocycles. The number of anilines is 1. The number of nitrogens with one attached hydrogen (secondary N) is 1. The highest BCUT2D eigenvalue weighted by molar-refractivity contribution is 7.89. The van der Waals surface area contributed by atoms with Crippen molar-refractivity contribution in [1.29, 1.82) is 0 Å². The molecule has 0 bridgehead atoms. The number of aromatic amines is 1. The number of primary sulfonamides is 1. The summed E-state index contributed by atoms with van der Waals surface area (Å²) in [7, 11) is -2.43. The smallest absolute Gasteiger partial charge is 0.300 e. The number of carbonyl (C=O) groups excluding carboxylic acids is 2. The van der Waals surface area contributed by atoms with Crippen LogP contribution in [0, 0.1) is 0 Å². The molecule has 4 N–H and O–H groups in total. The number of amides is 1. The van der Waals surface area contributed by atoms with Gasteiger partial charge in [-0.1, -0.05) is 30.3 Å². The normalized spacial score (nSPS) is 17.6. The van der Waals surface area contributed by atoms with E-state index in [4.69, 9.17) is 9.88 Å². The first kappa shape index (κ1) is 23.3. The quantitative estimate of drug-likeness (QED) is 0.216. The number of nitrogens with zero attached hydrogens (tertiary/aromatic N) is 1. The number of aromatic nitrogens is 1. The van der Waals surface area contributed by atoms with E-state index in [1.165, 1.54) is 36.3 Å². The van der Waals surface area contributed by atoms with Crippen LogP contribution in [0.5, 0.6) is 5.75 Å². The van der Waals surface area contributed by atoms with Gasteiger partial charge in [-0.3, -0.25) is 14.5 Å². The third-order valence-electron chi connectivity index (χ3n) is 6.16. The summed E-state index contributed by atoms with van der Waals surface area (Å²) in [4.78, 5) is 30.8. The summed E-state index contributed by atoms with van der Waals surface area (Å²) in [5, 5.41) is 17.3. The van der Waals surface area contributed by atoms with Crippen molar-refractivity contribution < 1.29 is 27.9 Å². The standard InChI is InChI=1S/C26H21N3O6S/c1-35-17-10-6-15(7-11-17)23-22(24(30)20-14-28-21-5-3-2-4-19(20)21)25(31)26(32)29(23)16-8-12-18(13-9-16)36(27,33)34/h2-14,23,28,30H,1H3,(H2,27,33,34)/b24-22-. The molecule has 182 valence electrons. The van der Waals surface area contributed by atoms with Gasteiger partial charge in [0.25, 0.3) is 11.7 Å². The van der Waals surface area contributed by atoms with Gasteiger partial charge >= 0.3 is 0 Å². The lowest BCUT2D eigenvalue weighted by Gasteiger charge is -2.25. The molecule has 5 rings (SSSR count). The highest BCUT2D eigenvalue weighted by Gasteiger charge is 2.47. The zero-order chi connectivity index (χ0) is 25.6. The summed E-state index contributed by atoms with van der Waals surface area (Å²) >= 11 is 0. The highest BCUT2D eigenvalue weighted by atomic mass is 32.2. The van der Waals surface area contributed by atoms with Gasteiger partial charge in [-0.2, -0.15) is 0 Å². The lowest BCUT2D eigenvalue weighted by atomic mass is 9.95. The minimum absolute atomic E-state index is 0.0922. The molecule has 1 fully saturated rings. The molecule has 9 nitrogen and oxygen atoms in total. The van der Waals surface area contributed by atoms with Crippen LogP contribution in [0.2, 0.25) is 0 Å². The minimum Gasteiger partial charge on any atom is -0.507 e. The molecule has 1 amide bonds. The number of benzene rings is 3. The number of ether oxygens (including phenoxy) is 1. The average Bonchev–Trinajstić information content (AvgIpc) is 3.42. The summed E-state index contributed by atoms with van der Waals surface area (Å²) in [5.41, 5.74) is 1.86. The van der Waals surface area contributed by atoms with Crippen LogP contribution >= 0.6 is 0 Å². The molecule has 10 heteroatoms. The SMILES string of the molecule is COc1ccc(C2/C(=C(/O)c3c[nH]c4ccccc34)C(=O)C(=O)N2c2ccc(S(N)(=O)=O)cc2)cc1. The Morgan fingerprint density at radius 1 is 1.00 bits per heavy atom. The Morgan fingerprint density at radius 3 is 2.31 bits per heavy atom. The van der Waals surface area contributed by atoms with E-state index in [1.807, 2.05) is 12.1 Å². The van der Waals surface area contributed by atoms with Crippen molar-refractivity contribution >= 4 is 44.1 Å². The lowest BCUT2D eigenvalue weighted by molar-refractivity contribution is -0.132. The summed E-state index contributed by atoms with van der Waals surface area (Å²) in [6.07, 6.45) is 1.58. The first-order valence-corrected chi connectivity index (χ1v) is 12.4. The molecular formula is C26H21N3O6S. The van der Waals surface area contributed by atoms with Gasteiger partial charge in [0.1, 0.15) is 11.5 Å². The van der Waals surface area contributed by atoms with Crippen molar-refractivity contribution in [2.24, 2.45) is 5.14 Å². The largest absolute Gasteiger partial charge is 0.507 e. The number of aliphatic hydroxyl groups is 1. The fourth-order valence-electron chi connectivity index (χ4n) is 4.41. The van der Waals surface area contributed by atoms with E-state index in [-0.39, 0.29) is 21.9 Å². The van der Waals surface area contributed by atoms with Crippen molar-refractivity contribution in [1.82, 2.24) is 4.98 Å². The molecule has 36 heavy (non-hydrogen) atoms. The monoisotopic (exact) mass is 503 g/mol. The van der Waals surface area contributed by atoms with E-state index >= 15 is 0 Å². The topological polar surface area (TPSA) is 143 Å². The number of carbonyl (C=O) groups is 2. The average molecular weight is 504 g/mol. The van der Waals surface area contributed by atoms with Gasteiger partial charge in [-0.25, -0.2) is 13.6 Å². The van der Waals surface area contributed by atoms with E-state index in [0.29, 0.717) is 22.3 Å². The fraction of sp³-hybridized carbons (Fsp3) is 0.0769. The van der Waals surface area contributed by atoms with E-state index in [0.717, 1.165) is 5.52 Å². The predicted octanol–water partition coefficient (Wildman–Crippen LogP) is 3.45. The Morgan fingerprint density at radius 2 is 1.67 bits per heavy atom. The lowest BCUT2D eigenvalue weighted by Crippen LogP contribution is -2.29. The van der Waals surface area contributed by atoms with Crippen molar-refractivity contribution in [2.45, 2.75) is 10.9 Å². The molecule has 0 saturated carbocycles. The third-order valence-corrected chi connectivity index (χ3v) is 7.09. The van der Waals surface area contributed by atoms with E-state index < -0.39 is 27.8 Å². The first-order valence-electron chi connectivity index (χ1n) is 10.8. The molecule has 0 radical (unpaired) electrons. The molecule has 1 atom stereocenters. The van der Waals surface area contributed by atoms with Crippen LogP contribution in [-0.4, -0.2) is 37.3 Å². The van der Waals surface area contributed by atoms with Gasteiger partial charge in [0, 0.05) is 28.4 Å². The van der Waals surface area contributed by atoms with Crippen LogP contribution in [0.15, 0.2) is 89.5 Å². The van der Waals surface area contributed by atoms with Crippen LogP contribution in [0.1, 0.15) is 17.2 Å². The second-order valence-electron chi connectivity index (χ2n) is 8.23. The number of aliphatic hydroxyl groups excluding tert-OH is 1. The zero-order valence-corrected chi connectivity index (χ0v) is 19.8. The number of H-pyrrole nitrogens is 1. The number of rotatable bonds is 5. The number of para-hydroxylation sites is 1. The number of nitrogens with two attached hydrogens (primary N) is 1. The van der Waals surface area contributed by atoms with Crippen molar-refractivity contribution in [3.8, 4) is 5.75 Å². The molecule has 1 aromatic heterocycles. The maximum atomic E-state index is 13.3. The summed E-state index contributed by atoms with van der Waals surface area (Å²) in [5.74, 6) is -1.48. The van der Waals surface area contributed by atoms with Crippen molar-refractivity contribution in [3.63, 3.8) is 0 Å². The predicted molar refractivity (Wildman–Crippen MR) is 134 cm³/mol. The van der Waals surface area contributed by atoms with Gasteiger partial charge in [0.2, 0.25) is 10.0 Å². The Labute approximate surface area is 206 Å². The van der Waals surface area contributed by atoms with Gasteiger partial charge < -0.3 is 14.8 Å². The second kappa shape index (κ2) is 8.67. The second-order valence-corrected chi connectivity index (χ2v) is 9.79. The van der Waals surface area contributed by atoms with Gasteiger partial charge in [-0.15, -0.1) is 0 Å². The number of methoxy groups -OCH3 is 1. The minimum atomic E-state index is -3.95. The molecule has 1 aliphatic rings. The summed E-state index contributed by atoms with van der Waals surface area (Å²) in [6.45, 7) is 0. The van der Waals surface area contributed by atoms with Crippen molar-refractivity contribution in [2.75, 3.05) is 12.0 Å². The third kappa shape index (κ3) is 3.82. The summed E-state index contributed by atoms with van der Waals surface area (Å²) < 4.78 is 28.6. The van der Waals surface area contributed by atoms with Crippen LogP contribution in [0.4, 0.5) is 5.69 Å². The number of hydrogen-bond donors (Lipinski definition) is 3. The van der Waals surface area contributed by atoms with E-state index in [2.05, 4.69) is 4.98 Å². The van der Waals surface area contributed by atoms with Gasteiger partial charge in [0.05, 0.1) is 23.6 Å². The van der Waals surface area contributed by atoms with Crippen molar-refractivity contribution in [3.05, 3.63) is 95.7 Å². The molecule has 1 saturated heterocycles. The maximum Gasteiger partial charge on any atom is 0.300 e. The van der Waals surface area contributed by atoms with Crippen LogP contribution in [0.25, 0.3) is 16.7 Å². The zero-order valence-electron chi connectivity index (χ0n) is 19.0. The fourth-order valence-corrected chi connectivity index (χ4v) is 4.92. The molecule has 1 aliphatic heterocycles. The number of Topliss-reactive ketones (excluding diaryl/α,β-unsaturated/α-hetero) is 1. The highest BCUT2D eigenvalue weighted by Crippen LogP contribution is 2.43. The number of sulfonamides is 1. The summed E-state index contributed by atoms with van der Waals surface area (Å²) in [6, 6.07) is 18.4. The Balaban J connectivity index is 1.72. The Kier molecular flexibility index (Phi) is 5.62. The van der Waals surface area contributed by atoms with Crippen LogP contribution in [0.3, 0.4) is 0 Å². The molecule has 2 heterocycles. The molecule has 0 spiro atoms. The molecule has 4 aromatic rings. The number of fused-ring (bicyclic) bond motifs is 1. The number of ketones is 1. The van der Waals surface area contributed by atoms with E-state index in [1.54, 1.807) is 42.6 Å². The first-order chi connectivity index (χ1) is 17.2. The Hall–Kier alpha value is -4.41. The Bertz CT molecular complexity index is 1640. The number of hydrogen-bond acceptors (Lipinski definition) is 6. The van der Waals surface area contributed by atoms with Gasteiger partial charge in [0.15, 0.2) is 0 Å². The molecule has 1 unspecified atom stereocenters. The maximum absolute atomic E-state index is 13.3. The van der Waals surface area contributed by atoms with Gasteiger partial charge in [-0.05, 0) is 48.0 Å². The van der Waals surface area contributed by atoms with E-state index in [9.17, 15) is 23.1 Å². The van der Waals surface area contributed by atoms with Crippen LogP contribution in [-0.2, 0) is 19.6 Å². The molecular weight excluding hydrogens is 482 g/mol.